The van der Waals surface area contributed by atoms with Crippen LogP contribution >= 0.6 is 12.4 Å². The van der Waals surface area contributed by atoms with Gasteiger partial charge in [0.05, 0.1) is 14.2 Å². The standard InChI is InChI=1S/C14H19NO4.ClH/c1-18-11-6-5-9(8-12(11)19-2)14(15)7-3-4-10(16)13(14)17;/h5-6,8,10,16H,3-4,7,15H2,1-2H3;1H. The zero-order valence-electron chi connectivity index (χ0n) is 11.6. The van der Waals surface area contributed by atoms with Gasteiger partial charge >= 0.3 is 0 Å². The number of rotatable bonds is 3. The van der Waals surface area contributed by atoms with Crippen molar-refractivity contribution in [3.05, 3.63) is 23.8 Å². The average Bonchev–Trinajstić information content (AvgIpc) is 2.43. The number of ketones is 1. The van der Waals surface area contributed by atoms with Gasteiger partial charge in [-0.05, 0) is 37.0 Å². The number of aliphatic hydroxyl groups excluding tert-OH is 1. The van der Waals surface area contributed by atoms with Gasteiger partial charge < -0.3 is 20.3 Å². The van der Waals surface area contributed by atoms with Crippen LogP contribution in [0, 0.1) is 0 Å². The lowest BCUT2D eigenvalue weighted by atomic mass is 9.75. The topological polar surface area (TPSA) is 81.8 Å². The number of methoxy groups -OCH3 is 2. The Kier molecular flexibility index (Phi) is 5.39. The van der Waals surface area contributed by atoms with Crippen LogP contribution in [0.25, 0.3) is 0 Å². The molecule has 5 nitrogen and oxygen atoms in total. The highest BCUT2D eigenvalue weighted by atomic mass is 35.5. The molecule has 2 atom stereocenters. The van der Waals surface area contributed by atoms with Crippen LogP contribution in [0.3, 0.4) is 0 Å². The van der Waals surface area contributed by atoms with Crippen LogP contribution in [0.1, 0.15) is 24.8 Å². The minimum Gasteiger partial charge on any atom is -0.493 e. The highest BCUT2D eigenvalue weighted by Gasteiger charge is 2.42. The number of carbonyl (C=O) groups excluding carboxylic acids is 1. The summed E-state index contributed by atoms with van der Waals surface area (Å²) in [5, 5.41) is 9.72. The second kappa shape index (κ2) is 6.43. The monoisotopic (exact) mass is 301 g/mol. The summed E-state index contributed by atoms with van der Waals surface area (Å²) in [6.07, 6.45) is 0.744. The van der Waals surface area contributed by atoms with Gasteiger partial charge in [0.15, 0.2) is 17.3 Å². The fourth-order valence-corrected chi connectivity index (χ4v) is 2.53. The summed E-state index contributed by atoms with van der Waals surface area (Å²) in [7, 11) is 3.08. The third kappa shape index (κ3) is 2.75. The molecule has 1 aromatic carbocycles. The Morgan fingerprint density at radius 2 is 1.95 bits per heavy atom. The minimum absolute atomic E-state index is 0. The Morgan fingerprint density at radius 3 is 2.55 bits per heavy atom. The number of aliphatic hydroxyl groups is 1. The summed E-state index contributed by atoms with van der Waals surface area (Å²) in [5.74, 6) is 0.780. The normalized spacial score (nSPS) is 25.8. The third-order valence-electron chi connectivity index (χ3n) is 3.69. The Bertz CT molecular complexity index is 494. The fourth-order valence-electron chi connectivity index (χ4n) is 2.53. The van der Waals surface area contributed by atoms with Crippen LogP contribution in [-0.4, -0.2) is 31.2 Å². The van der Waals surface area contributed by atoms with Crippen molar-refractivity contribution in [3.8, 4) is 11.5 Å². The van der Waals surface area contributed by atoms with E-state index in [0.29, 0.717) is 29.9 Å². The quantitative estimate of drug-likeness (QED) is 0.882. The van der Waals surface area contributed by atoms with E-state index in [1.807, 2.05) is 0 Å². The van der Waals surface area contributed by atoms with Crippen molar-refractivity contribution in [2.45, 2.75) is 30.9 Å². The fraction of sp³-hybridized carbons (Fsp3) is 0.500. The van der Waals surface area contributed by atoms with Gasteiger partial charge in [0.2, 0.25) is 0 Å². The molecule has 0 aromatic heterocycles. The van der Waals surface area contributed by atoms with Crippen LogP contribution in [0.4, 0.5) is 0 Å². The van der Waals surface area contributed by atoms with Gasteiger partial charge in [0.1, 0.15) is 11.6 Å². The summed E-state index contributed by atoms with van der Waals surface area (Å²) >= 11 is 0. The maximum Gasteiger partial charge on any atom is 0.185 e. The summed E-state index contributed by atoms with van der Waals surface area (Å²) in [4.78, 5) is 12.2. The summed E-state index contributed by atoms with van der Waals surface area (Å²) in [6, 6.07) is 5.17. The number of ether oxygens (including phenoxy) is 2. The smallest absolute Gasteiger partial charge is 0.185 e. The van der Waals surface area contributed by atoms with E-state index in [-0.39, 0.29) is 18.2 Å². The number of carbonyl (C=O) groups is 1. The van der Waals surface area contributed by atoms with Crippen molar-refractivity contribution in [1.82, 2.24) is 0 Å². The van der Waals surface area contributed by atoms with Crippen LogP contribution in [-0.2, 0) is 10.3 Å². The van der Waals surface area contributed by atoms with E-state index in [1.165, 1.54) is 7.11 Å². The van der Waals surface area contributed by atoms with E-state index >= 15 is 0 Å². The van der Waals surface area contributed by atoms with Crippen molar-refractivity contribution in [2.75, 3.05) is 14.2 Å². The molecular formula is C14H20ClNO4. The predicted molar refractivity (Wildman–Crippen MR) is 77.5 cm³/mol. The lowest BCUT2D eigenvalue weighted by Gasteiger charge is -2.35. The Morgan fingerprint density at radius 1 is 1.30 bits per heavy atom. The van der Waals surface area contributed by atoms with E-state index in [2.05, 4.69) is 0 Å². The van der Waals surface area contributed by atoms with E-state index in [0.717, 1.165) is 6.42 Å². The largest absolute Gasteiger partial charge is 0.493 e. The molecule has 0 aliphatic heterocycles. The van der Waals surface area contributed by atoms with E-state index in [9.17, 15) is 9.90 Å². The molecule has 0 spiro atoms. The van der Waals surface area contributed by atoms with Crippen LogP contribution in [0.5, 0.6) is 11.5 Å². The molecule has 0 bridgehead atoms. The molecule has 1 fully saturated rings. The summed E-state index contributed by atoms with van der Waals surface area (Å²) in [6.45, 7) is 0. The Hall–Kier alpha value is -1.30. The molecule has 2 rings (SSSR count). The number of hydrogen-bond acceptors (Lipinski definition) is 5. The molecule has 112 valence electrons. The molecule has 0 heterocycles. The van der Waals surface area contributed by atoms with E-state index in [4.69, 9.17) is 15.2 Å². The highest BCUT2D eigenvalue weighted by molar-refractivity contribution is 5.93. The van der Waals surface area contributed by atoms with Crippen molar-refractivity contribution in [3.63, 3.8) is 0 Å². The number of benzene rings is 1. The second-order valence-corrected chi connectivity index (χ2v) is 4.81. The lowest BCUT2D eigenvalue weighted by Crippen LogP contribution is -2.52. The van der Waals surface area contributed by atoms with Crippen molar-refractivity contribution in [2.24, 2.45) is 5.73 Å². The predicted octanol–water partition coefficient (Wildman–Crippen LogP) is 1.39. The van der Waals surface area contributed by atoms with E-state index < -0.39 is 11.6 Å². The molecule has 0 saturated heterocycles. The number of halogens is 1. The van der Waals surface area contributed by atoms with Gasteiger partial charge in [0, 0.05) is 0 Å². The van der Waals surface area contributed by atoms with Crippen molar-refractivity contribution < 1.29 is 19.4 Å². The van der Waals surface area contributed by atoms with Gasteiger partial charge in [-0.1, -0.05) is 6.07 Å². The minimum atomic E-state index is -1.14. The van der Waals surface area contributed by atoms with Crippen molar-refractivity contribution in [1.29, 1.82) is 0 Å². The first-order chi connectivity index (χ1) is 9.02. The molecule has 3 N–H and O–H groups in total. The highest BCUT2D eigenvalue weighted by Crippen LogP contribution is 2.36. The summed E-state index contributed by atoms with van der Waals surface area (Å²) < 4.78 is 10.4. The molecule has 6 heteroatoms. The maximum atomic E-state index is 12.2. The first kappa shape index (κ1) is 16.8. The molecule has 0 radical (unpaired) electrons. The Labute approximate surface area is 124 Å². The molecule has 1 aromatic rings. The molecular weight excluding hydrogens is 282 g/mol. The lowest BCUT2D eigenvalue weighted by molar-refractivity contribution is -0.136. The molecule has 1 saturated carbocycles. The first-order valence-electron chi connectivity index (χ1n) is 6.26. The van der Waals surface area contributed by atoms with Gasteiger partial charge in [0.25, 0.3) is 0 Å². The SMILES string of the molecule is COc1ccc(C2(N)CCCC(O)C2=O)cc1OC.Cl. The number of nitrogens with two attached hydrogens (primary N) is 1. The average molecular weight is 302 g/mol. The molecule has 1 aliphatic carbocycles. The summed E-state index contributed by atoms with van der Waals surface area (Å²) in [5.41, 5.74) is 5.73. The zero-order valence-corrected chi connectivity index (χ0v) is 12.4. The second-order valence-electron chi connectivity index (χ2n) is 4.81. The van der Waals surface area contributed by atoms with Crippen molar-refractivity contribution >= 4 is 18.2 Å². The zero-order chi connectivity index (χ0) is 14.0. The molecule has 0 amide bonds. The third-order valence-corrected chi connectivity index (χ3v) is 3.69. The van der Waals surface area contributed by atoms with Gasteiger partial charge in [-0.3, -0.25) is 4.79 Å². The molecule has 2 unspecified atom stereocenters. The van der Waals surface area contributed by atoms with Gasteiger partial charge in [-0.15, -0.1) is 12.4 Å². The van der Waals surface area contributed by atoms with Crippen LogP contribution in [0.2, 0.25) is 0 Å². The first-order valence-corrected chi connectivity index (χ1v) is 6.26. The van der Waals surface area contributed by atoms with Gasteiger partial charge in [-0.25, -0.2) is 0 Å². The number of hydrogen-bond donors (Lipinski definition) is 2. The maximum absolute atomic E-state index is 12.2. The molecule has 20 heavy (non-hydrogen) atoms. The Balaban J connectivity index is 0.00000200. The van der Waals surface area contributed by atoms with Crippen LogP contribution in [0.15, 0.2) is 18.2 Å². The van der Waals surface area contributed by atoms with E-state index in [1.54, 1.807) is 25.3 Å². The van der Waals surface area contributed by atoms with Gasteiger partial charge in [-0.2, -0.15) is 0 Å². The number of Topliss-reactive ketones (excluding diaryl/α,β-unsaturated/α-hetero) is 1. The van der Waals surface area contributed by atoms with Crippen LogP contribution < -0.4 is 15.2 Å². The molecule has 1 aliphatic rings.